The van der Waals surface area contributed by atoms with Crippen LogP contribution in [0.5, 0.6) is 0 Å². The van der Waals surface area contributed by atoms with Crippen LogP contribution >= 0.6 is 11.6 Å². The molecular formula is C24H32ClN3. The van der Waals surface area contributed by atoms with Crippen LogP contribution in [0.4, 0.5) is 5.69 Å². The van der Waals surface area contributed by atoms with Gasteiger partial charge in [0, 0.05) is 24.7 Å². The maximum atomic E-state index is 6.49. The number of rotatable bonds is 6. The number of benzene rings is 1. The number of nitrogens with one attached hydrogen (secondary N) is 1. The Labute approximate surface area is 174 Å². The fourth-order valence-corrected chi connectivity index (χ4v) is 4.98. The third kappa shape index (κ3) is 3.62. The topological polar surface area (TPSA) is 22.3 Å². The van der Waals surface area contributed by atoms with Gasteiger partial charge in [0.05, 0.1) is 17.4 Å². The molecule has 4 rings (SSSR count). The molecule has 0 saturated heterocycles. The Morgan fingerprint density at radius 1 is 1.14 bits per heavy atom. The fraction of sp³-hybridized carbons (Fsp3) is 0.500. The molecule has 1 fully saturated rings. The number of aryl methyl sites for hydroxylation is 3. The Hall–Kier alpha value is -1.71. The zero-order valence-corrected chi connectivity index (χ0v) is 18.5. The maximum absolute atomic E-state index is 6.49. The number of hydrogen-bond acceptors (Lipinski definition) is 2. The molecule has 0 radical (unpaired) electrons. The number of H-pyrrole nitrogens is 1. The average molecular weight is 398 g/mol. The van der Waals surface area contributed by atoms with Crippen molar-refractivity contribution in [2.45, 2.75) is 59.9 Å². The molecule has 1 aromatic carbocycles. The van der Waals surface area contributed by atoms with Gasteiger partial charge in [-0.25, -0.2) is 5.01 Å². The molecule has 1 unspecified atom stereocenters. The SMILES string of the molecule is CCCN(CC1CC1)N1c2cc(Cl)[nH]c2C(c2c(C)cc(C)cc2C)=CC1C. The molecule has 2 heterocycles. The minimum Gasteiger partial charge on any atom is -0.344 e. The number of hydrogen-bond donors (Lipinski definition) is 1. The van der Waals surface area contributed by atoms with Crippen molar-refractivity contribution in [3.63, 3.8) is 0 Å². The highest BCUT2D eigenvalue weighted by Gasteiger charge is 2.34. The summed E-state index contributed by atoms with van der Waals surface area (Å²) in [6.45, 7) is 13.4. The summed E-state index contributed by atoms with van der Waals surface area (Å²) in [6, 6.07) is 6.95. The highest BCUT2D eigenvalue weighted by Crippen LogP contribution is 2.42. The van der Waals surface area contributed by atoms with Crippen LogP contribution in [-0.4, -0.2) is 29.1 Å². The predicted octanol–water partition coefficient (Wildman–Crippen LogP) is 6.27. The first-order valence-electron chi connectivity index (χ1n) is 10.6. The van der Waals surface area contributed by atoms with Crippen LogP contribution in [0, 0.1) is 26.7 Å². The first kappa shape index (κ1) is 19.6. The van der Waals surface area contributed by atoms with E-state index in [1.807, 2.05) is 0 Å². The van der Waals surface area contributed by atoms with Gasteiger partial charge >= 0.3 is 0 Å². The van der Waals surface area contributed by atoms with Gasteiger partial charge in [-0.3, -0.25) is 5.01 Å². The van der Waals surface area contributed by atoms with Crippen molar-refractivity contribution >= 4 is 22.9 Å². The van der Waals surface area contributed by atoms with Crippen molar-refractivity contribution in [3.8, 4) is 0 Å². The van der Waals surface area contributed by atoms with E-state index in [1.165, 1.54) is 46.4 Å². The predicted molar refractivity (Wildman–Crippen MR) is 120 cm³/mol. The molecular weight excluding hydrogens is 366 g/mol. The Morgan fingerprint density at radius 3 is 2.43 bits per heavy atom. The minimum absolute atomic E-state index is 0.291. The van der Waals surface area contributed by atoms with Gasteiger partial charge in [0.25, 0.3) is 0 Å². The minimum atomic E-state index is 0.291. The number of nitrogens with zero attached hydrogens (tertiary/aromatic N) is 2. The number of halogens is 1. The molecule has 0 bridgehead atoms. The van der Waals surface area contributed by atoms with E-state index in [-0.39, 0.29) is 0 Å². The van der Waals surface area contributed by atoms with Crippen LogP contribution in [0.3, 0.4) is 0 Å². The van der Waals surface area contributed by atoms with Crippen molar-refractivity contribution in [1.82, 2.24) is 9.99 Å². The lowest BCUT2D eigenvalue weighted by Crippen LogP contribution is -2.50. The van der Waals surface area contributed by atoms with Gasteiger partial charge in [0.15, 0.2) is 0 Å². The van der Waals surface area contributed by atoms with E-state index in [0.29, 0.717) is 11.2 Å². The van der Waals surface area contributed by atoms with E-state index in [9.17, 15) is 0 Å². The third-order valence-corrected chi connectivity index (χ3v) is 6.18. The molecule has 1 atom stereocenters. The Bertz CT molecular complexity index is 884. The number of anilines is 1. The summed E-state index contributed by atoms with van der Waals surface area (Å²) in [5.74, 6) is 0.851. The van der Waals surface area contributed by atoms with Crippen molar-refractivity contribution < 1.29 is 0 Å². The highest BCUT2D eigenvalue weighted by atomic mass is 35.5. The van der Waals surface area contributed by atoms with Gasteiger partial charge in [-0.1, -0.05) is 42.3 Å². The maximum Gasteiger partial charge on any atom is 0.108 e. The molecule has 1 aromatic heterocycles. The Balaban J connectivity index is 1.80. The van der Waals surface area contributed by atoms with E-state index in [4.69, 9.17) is 11.6 Å². The van der Waals surface area contributed by atoms with E-state index in [0.717, 1.165) is 31.1 Å². The van der Waals surface area contributed by atoms with Crippen LogP contribution in [-0.2, 0) is 0 Å². The number of hydrazine groups is 1. The second kappa shape index (κ2) is 7.61. The Morgan fingerprint density at radius 2 is 1.82 bits per heavy atom. The van der Waals surface area contributed by atoms with Crippen LogP contribution in [0.15, 0.2) is 24.3 Å². The second-order valence-electron chi connectivity index (χ2n) is 8.67. The highest BCUT2D eigenvalue weighted by molar-refractivity contribution is 6.30. The first-order chi connectivity index (χ1) is 13.4. The summed E-state index contributed by atoms with van der Waals surface area (Å²) in [7, 11) is 0. The molecule has 2 aromatic rings. The number of fused-ring (bicyclic) bond motifs is 1. The molecule has 3 nitrogen and oxygen atoms in total. The summed E-state index contributed by atoms with van der Waals surface area (Å²) in [6.07, 6.45) is 6.30. The standard InChI is InChI=1S/C24H32ClN3/c1-6-9-27(14-19-7-8-19)28-18(5)12-20(24-21(28)13-22(25)26-24)23-16(3)10-15(2)11-17(23)4/h10-13,18-19,26H,6-9,14H2,1-5H3. The van der Waals surface area contributed by atoms with Gasteiger partial charge in [0.1, 0.15) is 5.15 Å². The number of aromatic nitrogens is 1. The summed E-state index contributed by atoms with van der Waals surface area (Å²) >= 11 is 6.49. The van der Waals surface area contributed by atoms with Crippen molar-refractivity contribution in [2.75, 3.05) is 18.1 Å². The molecule has 1 aliphatic heterocycles. The molecule has 28 heavy (non-hydrogen) atoms. The fourth-order valence-electron chi connectivity index (χ4n) is 4.78. The van der Waals surface area contributed by atoms with Gasteiger partial charge in [-0.15, -0.1) is 0 Å². The van der Waals surface area contributed by atoms with Crippen molar-refractivity contribution in [2.24, 2.45) is 5.92 Å². The normalized spacial score (nSPS) is 19.2. The summed E-state index contributed by atoms with van der Waals surface area (Å²) in [5.41, 5.74) is 8.94. The zero-order valence-electron chi connectivity index (χ0n) is 17.8. The lowest BCUT2D eigenvalue weighted by Gasteiger charge is -2.42. The summed E-state index contributed by atoms with van der Waals surface area (Å²) in [5, 5.41) is 5.73. The molecule has 1 N–H and O–H groups in total. The lowest BCUT2D eigenvalue weighted by atomic mass is 9.89. The summed E-state index contributed by atoms with van der Waals surface area (Å²) < 4.78 is 0. The Kier molecular flexibility index (Phi) is 5.32. The summed E-state index contributed by atoms with van der Waals surface area (Å²) in [4.78, 5) is 3.46. The van der Waals surface area contributed by atoms with Gasteiger partial charge in [-0.2, -0.15) is 0 Å². The smallest absolute Gasteiger partial charge is 0.108 e. The first-order valence-corrected chi connectivity index (χ1v) is 11.0. The number of aromatic amines is 1. The van der Waals surface area contributed by atoms with Gasteiger partial charge in [0.2, 0.25) is 0 Å². The third-order valence-electron chi connectivity index (χ3n) is 5.97. The molecule has 4 heteroatoms. The van der Waals surface area contributed by atoms with Crippen LogP contribution in [0.25, 0.3) is 5.57 Å². The quantitative estimate of drug-likeness (QED) is 0.620. The lowest BCUT2D eigenvalue weighted by molar-refractivity contribution is 0.227. The van der Waals surface area contributed by atoms with E-state index in [1.54, 1.807) is 0 Å². The van der Waals surface area contributed by atoms with Crippen molar-refractivity contribution in [1.29, 1.82) is 0 Å². The monoisotopic (exact) mass is 397 g/mol. The molecule has 0 amide bonds. The van der Waals surface area contributed by atoms with E-state index in [2.05, 4.69) is 73.9 Å². The van der Waals surface area contributed by atoms with Crippen LogP contribution < -0.4 is 5.01 Å². The zero-order chi connectivity index (χ0) is 20.0. The molecule has 2 aliphatic rings. The molecule has 150 valence electrons. The second-order valence-corrected chi connectivity index (χ2v) is 9.08. The molecule has 1 aliphatic carbocycles. The van der Waals surface area contributed by atoms with Gasteiger partial charge in [-0.05, 0) is 69.6 Å². The van der Waals surface area contributed by atoms with Crippen LogP contribution in [0.2, 0.25) is 5.15 Å². The van der Waals surface area contributed by atoms with E-state index < -0.39 is 0 Å². The van der Waals surface area contributed by atoms with Crippen LogP contribution in [0.1, 0.15) is 61.1 Å². The molecule has 0 spiro atoms. The van der Waals surface area contributed by atoms with Crippen molar-refractivity contribution in [3.05, 3.63) is 57.4 Å². The largest absolute Gasteiger partial charge is 0.344 e. The van der Waals surface area contributed by atoms with E-state index >= 15 is 0 Å². The average Bonchev–Trinajstić information content (AvgIpc) is 3.33. The van der Waals surface area contributed by atoms with Gasteiger partial charge < -0.3 is 4.98 Å². The molecule has 1 saturated carbocycles.